The van der Waals surface area contributed by atoms with Gasteiger partial charge < -0.3 is 16.0 Å². The summed E-state index contributed by atoms with van der Waals surface area (Å²) in [6.45, 7) is 4.03. The van der Waals surface area contributed by atoms with Gasteiger partial charge >= 0.3 is 0 Å². The zero-order valence-corrected chi connectivity index (χ0v) is 16.4. The van der Waals surface area contributed by atoms with E-state index in [1.54, 1.807) is 11.3 Å². The van der Waals surface area contributed by atoms with Gasteiger partial charge in [0.2, 0.25) is 0 Å². The fourth-order valence-electron chi connectivity index (χ4n) is 4.53. The summed E-state index contributed by atoms with van der Waals surface area (Å²) in [7, 11) is 0. The fraction of sp³-hybridized carbons (Fsp3) is 0.429. The van der Waals surface area contributed by atoms with Gasteiger partial charge in [-0.2, -0.15) is 0 Å². The maximum atomic E-state index is 6.50. The summed E-state index contributed by atoms with van der Waals surface area (Å²) in [5.74, 6) is 1.96. The van der Waals surface area contributed by atoms with Crippen LogP contribution in [-0.2, 0) is 6.42 Å². The molecule has 27 heavy (non-hydrogen) atoms. The van der Waals surface area contributed by atoms with Gasteiger partial charge in [-0.05, 0) is 48.8 Å². The highest BCUT2D eigenvalue weighted by Gasteiger charge is 2.32. The van der Waals surface area contributed by atoms with Crippen molar-refractivity contribution in [2.24, 2.45) is 5.73 Å². The Labute approximate surface area is 163 Å². The Hall–Kier alpha value is -2.02. The van der Waals surface area contributed by atoms with Crippen molar-refractivity contribution >= 4 is 27.4 Å². The molecule has 140 valence electrons. The van der Waals surface area contributed by atoms with Crippen LogP contribution in [0.5, 0.6) is 0 Å². The third kappa shape index (κ3) is 3.12. The first-order chi connectivity index (χ1) is 13.2. The molecule has 5 rings (SSSR count). The number of benzene rings is 1. The lowest BCUT2D eigenvalue weighted by molar-refractivity contribution is 0.346. The molecule has 5 nitrogen and oxygen atoms in total. The zero-order chi connectivity index (χ0) is 18.4. The van der Waals surface area contributed by atoms with E-state index in [1.807, 2.05) is 6.92 Å². The number of anilines is 1. The van der Waals surface area contributed by atoms with Gasteiger partial charge in [-0.15, -0.1) is 11.3 Å². The van der Waals surface area contributed by atoms with Crippen molar-refractivity contribution in [3.8, 4) is 0 Å². The van der Waals surface area contributed by atoms with E-state index in [0.29, 0.717) is 12.1 Å². The van der Waals surface area contributed by atoms with E-state index in [1.165, 1.54) is 16.5 Å². The first-order valence-corrected chi connectivity index (χ1v) is 10.6. The molecule has 1 fully saturated rings. The molecule has 1 saturated heterocycles. The van der Waals surface area contributed by atoms with Crippen LogP contribution in [0.2, 0.25) is 0 Å². The minimum atomic E-state index is 0.106. The molecule has 1 aromatic carbocycles. The van der Waals surface area contributed by atoms with Gasteiger partial charge in [-0.3, -0.25) is 0 Å². The summed E-state index contributed by atoms with van der Waals surface area (Å²) in [4.78, 5) is 12.8. The molecule has 3 N–H and O–H groups in total. The second-order valence-corrected chi connectivity index (χ2v) is 8.59. The number of thiophene rings is 1. The Morgan fingerprint density at radius 1 is 1.15 bits per heavy atom. The van der Waals surface area contributed by atoms with Crippen LogP contribution in [0.15, 0.2) is 35.7 Å². The summed E-state index contributed by atoms with van der Waals surface area (Å²) in [6.07, 6.45) is 3.28. The number of nitrogens with two attached hydrogens (primary N) is 1. The summed E-state index contributed by atoms with van der Waals surface area (Å²) in [5.41, 5.74) is 9.21. The summed E-state index contributed by atoms with van der Waals surface area (Å²) >= 11 is 1.69. The Bertz CT molecular complexity index is 960. The largest absolute Gasteiger partial charge is 0.356 e. The van der Waals surface area contributed by atoms with Crippen molar-refractivity contribution in [3.63, 3.8) is 0 Å². The molecule has 2 aromatic heterocycles. The number of hydrogen-bond donors (Lipinski definition) is 2. The summed E-state index contributed by atoms with van der Waals surface area (Å²) in [5, 5.41) is 7.14. The standard InChI is InChI=1S/C21H25N5S/c1-13-23-20(17-8-11-27-21(17)24-13)26-9-6-15(7-10-26)25-18-12-14-4-2-3-5-16(14)19(18)22/h2-5,8,11,15,18-19,25H,6-7,9-10,12,22H2,1H3. The van der Waals surface area contributed by atoms with Gasteiger partial charge in [0.05, 0.1) is 5.39 Å². The van der Waals surface area contributed by atoms with Crippen LogP contribution in [0, 0.1) is 6.92 Å². The molecule has 0 amide bonds. The highest BCUT2D eigenvalue weighted by Crippen LogP contribution is 2.32. The second-order valence-electron chi connectivity index (χ2n) is 7.70. The average Bonchev–Trinajstić information content (AvgIpc) is 3.27. The van der Waals surface area contributed by atoms with Crippen LogP contribution in [-0.4, -0.2) is 35.1 Å². The van der Waals surface area contributed by atoms with E-state index in [9.17, 15) is 0 Å². The molecule has 0 bridgehead atoms. The van der Waals surface area contributed by atoms with Gasteiger partial charge in [-0.25, -0.2) is 9.97 Å². The van der Waals surface area contributed by atoms with Crippen LogP contribution in [0.25, 0.3) is 10.2 Å². The fourth-order valence-corrected chi connectivity index (χ4v) is 5.34. The number of nitrogens with one attached hydrogen (secondary N) is 1. The highest BCUT2D eigenvalue weighted by atomic mass is 32.1. The normalized spacial score (nSPS) is 23.1. The Kier molecular flexibility index (Phi) is 4.34. The SMILES string of the molecule is Cc1nc(N2CCC(NC3Cc4ccccc4C3N)CC2)c2ccsc2n1. The molecule has 0 saturated carbocycles. The van der Waals surface area contributed by atoms with E-state index < -0.39 is 0 Å². The molecular weight excluding hydrogens is 354 g/mol. The molecular formula is C21H25N5S. The lowest BCUT2D eigenvalue weighted by atomic mass is 10.0. The van der Waals surface area contributed by atoms with Crippen molar-refractivity contribution < 1.29 is 0 Å². The smallest absolute Gasteiger partial charge is 0.141 e. The van der Waals surface area contributed by atoms with Crippen molar-refractivity contribution in [1.82, 2.24) is 15.3 Å². The number of piperidine rings is 1. The van der Waals surface area contributed by atoms with Crippen LogP contribution in [0.1, 0.15) is 35.8 Å². The zero-order valence-electron chi connectivity index (χ0n) is 15.6. The minimum Gasteiger partial charge on any atom is -0.356 e. The maximum Gasteiger partial charge on any atom is 0.141 e. The van der Waals surface area contributed by atoms with Gasteiger partial charge in [0.25, 0.3) is 0 Å². The number of hydrogen-bond acceptors (Lipinski definition) is 6. The predicted molar refractivity (Wildman–Crippen MR) is 111 cm³/mol. The Morgan fingerprint density at radius 3 is 2.78 bits per heavy atom. The third-order valence-corrected chi connectivity index (χ3v) is 6.76. The molecule has 6 heteroatoms. The van der Waals surface area contributed by atoms with Crippen LogP contribution in [0.3, 0.4) is 0 Å². The number of fused-ring (bicyclic) bond motifs is 2. The first kappa shape index (κ1) is 17.1. The topological polar surface area (TPSA) is 67.1 Å². The average molecular weight is 380 g/mol. The number of nitrogens with zero attached hydrogens (tertiary/aromatic N) is 3. The van der Waals surface area contributed by atoms with Crippen molar-refractivity contribution in [2.75, 3.05) is 18.0 Å². The Balaban J connectivity index is 1.25. The van der Waals surface area contributed by atoms with E-state index in [-0.39, 0.29) is 6.04 Å². The lowest BCUT2D eigenvalue weighted by Crippen LogP contribution is -2.48. The second kappa shape index (κ2) is 6.86. The van der Waals surface area contributed by atoms with Crippen molar-refractivity contribution in [1.29, 1.82) is 0 Å². The molecule has 1 aliphatic carbocycles. The van der Waals surface area contributed by atoms with E-state index in [4.69, 9.17) is 10.7 Å². The maximum absolute atomic E-state index is 6.50. The minimum absolute atomic E-state index is 0.106. The highest BCUT2D eigenvalue weighted by molar-refractivity contribution is 7.16. The molecule has 1 aliphatic heterocycles. The number of rotatable bonds is 3. The molecule has 0 radical (unpaired) electrons. The molecule has 3 heterocycles. The predicted octanol–water partition coefficient (Wildman–Crippen LogP) is 3.18. The monoisotopic (exact) mass is 379 g/mol. The van der Waals surface area contributed by atoms with Gasteiger partial charge in [-0.1, -0.05) is 24.3 Å². The van der Waals surface area contributed by atoms with Gasteiger partial charge in [0.1, 0.15) is 16.5 Å². The number of aryl methyl sites for hydroxylation is 1. The molecule has 2 aliphatic rings. The summed E-state index contributed by atoms with van der Waals surface area (Å²) < 4.78 is 0. The summed E-state index contributed by atoms with van der Waals surface area (Å²) in [6, 6.07) is 11.7. The first-order valence-electron chi connectivity index (χ1n) is 9.75. The lowest BCUT2D eigenvalue weighted by Gasteiger charge is -2.35. The molecule has 3 aromatic rings. The van der Waals surface area contributed by atoms with Gasteiger partial charge in [0.15, 0.2) is 0 Å². The van der Waals surface area contributed by atoms with E-state index in [2.05, 4.69) is 50.9 Å². The molecule has 0 spiro atoms. The van der Waals surface area contributed by atoms with Crippen molar-refractivity contribution in [2.45, 2.75) is 44.3 Å². The number of aromatic nitrogens is 2. The van der Waals surface area contributed by atoms with E-state index >= 15 is 0 Å². The third-order valence-electron chi connectivity index (χ3n) is 5.95. The molecule has 2 unspecified atom stereocenters. The van der Waals surface area contributed by atoms with Crippen LogP contribution >= 0.6 is 11.3 Å². The van der Waals surface area contributed by atoms with Crippen LogP contribution in [0.4, 0.5) is 5.82 Å². The van der Waals surface area contributed by atoms with Crippen molar-refractivity contribution in [3.05, 3.63) is 52.7 Å². The Morgan fingerprint density at radius 2 is 1.96 bits per heavy atom. The quantitative estimate of drug-likeness (QED) is 0.732. The van der Waals surface area contributed by atoms with Crippen LogP contribution < -0.4 is 16.0 Å². The molecule has 2 atom stereocenters. The van der Waals surface area contributed by atoms with E-state index in [0.717, 1.165) is 48.8 Å². The van der Waals surface area contributed by atoms with Gasteiger partial charge in [0, 0.05) is 31.2 Å².